The van der Waals surface area contributed by atoms with Crippen LogP contribution in [0.1, 0.15) is 18.4 Å². The van der Waals surface area contributed by atoms with Gasteiger partial charge in [0.1, 0.15) is 5.82 Å². The van der Waals surface area contributed by atoms with Crippen LogP contribution in [0.15, 0.2) is 12.1 Å². The first-order valence-corrected chi connectivity index (χ1v) is 7.12. The Hall–Kier alpha value is -1.24. The van der Waals surface area contributed by atoms with Gasteiger partial charge in [-0.3, -0.25) is 0 Å². The molecule has 1 aromatic carbocycles. The molecule has 1 fully saturated rings. The van der Waals surface area contributed by atoms with Crippen LogP contribution in [0.2, 0.25) is 0 Å². The van der Waals surface area contributed by atoms with Crippen molar-refractivity contribution in [2.75, 3.05) is 26.4 Å². The zero-order valence-electron chi connectivity index (χ0n) is 11.6. The van der Waals surface area contributed by atoms with Gasteiger partial charge in [-0.2, -0.15) is 0 Å². The summed E-state index contributed by atoms with van der Waals surface area (Å²) in [6.45, 7) is 1.20. The van der Waals surface area contributed by atoms with Crippen LogP contribution in [0.25, 0.3) is 0 Å². The highest BCUT2D eigenvalue weighted by Crippen LogP contribution is 2.37. The minimum atomic E-state index is -0.829. The van der Waals surface area contributed by atoms with Crippen LogP contribution in [-0.2, 0) is 15.9 Å². The van der Waals surface area contributed by atoms with Crippen LogP contribution in [0.4, 0.5) is 8.78 Å². The maximum absolute atomic E-state index is 13.8. The van der Waals surface area contributed by atoms with Crippen molar-refractivity contribution in [3.8, 4) is 5.75 Å². The van der Waals surface area contributed by atoms with E-state index >= 15 is 0 Å². The second-order valence-corrected chi connectivity index (χ2v) is 5.50. The molecule has 1 aromatic rings. The molecular weight excluding hydrogens is 282 g/mol. The summed E-state index contributed by atoms with van der Waals surface area (Å²) in [5, 5.41) is 9.16. The Balaban J connectivity index is 1.75. The first kappa shape index (κ1) is 14.7. The number of ether oxygens (including phenoxy) is 3. The van der Waals surface area contributed by atoms with E-state index in [9.17, 15) is 8.78 Å². The third-order valence-electron chi connectivity index (χ3n) is 4.02. The summed E-state index contributed by atoms with van der Waals surface area (Å²) in [6.07, 6.45) is 1.23. The van der Waals surface area contributed by atoms with Crippen molar-refractivity contribution >= 4 is 0 Å². The number of halogens is 2. The lowest BCUT2D eigenvalue weighted by Crippen LogP contribution is -2.37. The Morgan fingerprint density at radius 3 is 2.62 bits per heavy atom. The molecule has 0 saturated carbocycles. The molecular formula is C15H18F2O4. The highest BCUT2D eigenvalue weighted by molar-refractivity contribution is 5.38. The van der Waals surface area contributed by atoms with Gasteiger partial charge in [0, 0.05) is 30.9 Å². The standard InChI is InChI=1S/C15H18F2O4/c16-12-1-2-13(17)14-11(12)7-10(9-19-14)8-15(3-4-18)20-5-6-21-15/h1-2,10,18H,3-9H2/t10-/m1/s1. The molecule has 3 rings (SSSR count). The fourth-order valence-corrected chi connectivity index (χ4v) is 3.07. The van der Waals surface area contributed by atoms with Crippen molar-refractivity contribution in [1.82, 2.24) is 0 Å². The van der Waals surface area contributed by atoms with E-state index in [-0.39, 0.29) is 30.4 Å². The summed E-state index contributed by atoms with van der Waals surface area (Å²) in [7, 11) is 0. The van der Waals surface area contributed by atoms with Crippen molar-refractivity contribution in [3.63, 3.8) is 0 Å². The maximum atomic E-state index is 13.8. The minimum Gasteiger partial charge on any atom is -0.490 e. The van der Waals surface area contributed by atoms with Crippen molar-refractivity contribution in [3.05, 3.63) is 29.3 Å². The number of benzene rings is 1. The Labute approximate surface area is 121 Å². The topological polar surface area (TPSA) is 47.9 Å². The summed E-state index contributed by atoms with van der Waals surface area (Å²) in [4.78, 5) is 0. The number of hydrogen-bond donors (Lipinski definition) is 1. The predicted molar refractivity (Wildman–Crippen MR) is 70.0 cm³/mol. The van der Waals surface area contributed by atoms with Gasteiger partial charge in [0.15, 0.2) is 17.4 Å². The first-order chi connectivity index (χ1) is 10.1. The molecule has 21 heavy (non-hydrogen) atoms. The van der Waals surface area contributed by atoms with E-state index in [2.05, 4.69) is 0 Å². The van der Waals surface area contributed by atoms with E-state index in [1.54, 1.807) is 0 Å². The van der Waals surface area contributed by atoms with Gasteiger partial charge in [0.2, 0.25) is 0 Å². The summed E-state index contributed by atoms with van der Waals surface area (Å²) in [5.41, 5.74) is 0.267. The van der Waals surface area contributed by atoms with E-state index in [1.165, 1.54) is 0 Å². The molecule has 2 heterocycles. The van der Waals surface area contributed by atoms with Crippen LogP contribution in [0.5, 0.6) is 5.75 Å². The Kier molecular flexibility index (Phi) is 4.10. The highest BCUT2D eigenvalue weighted by Gasteiger charge is 2.40. The molecule has 4 nitrogen and oxygen atoms in total. The predicted octanol–water partition coefficient (Wildman–Crippen LogP) is 2.03. The molecule has 0 unspecified atom stereocenters. The van der Waals surface area contributed by atoms with Gasteiger partial charge >= 0.3 is 0 Å². The second kappa shape index (κ2) is 5.87. The van der Waals surface area contributed by atoms with E-state index in [4.69, 9.17) is 19.3 Å². The van der Waals surface area contributed by atoms with E-state index in [1.807, 2.05) is 0 Å². The lowest BCUT2D eigenvalue weighted by atomic mass is 9.89. The number of aliphatic hydroxyl groups excluding tert-OH is 1. The molecule has 0 aromatic heterocycles. The zero-order valence-corrected chi connectivity index (χ0v) is 11.6. The number of rotatable bonds is 4. The van der Waals surface area contributed by atoms with Gasteiger partial charge in [0.25, 0.3) is 0 Å². The van der Waals surface area contributed by atoms with Gasteiger partial charge in [-0.25, -0.2) is 8.78 Å². The molecule has 0 amide bonds. The third kappa shape index (κ3) is 2.88. The summed E-state index contributed by atoms with van der Waals surface area (Å²) in [5.74, 6) is -1.86. The third-order valence-corrected chi connectivity index (χ3v) is 4.02. The van der Waals surface area contributed by atoms with Crippen LogP contribution < -0.4 is 4.74 Å². The van der Waals surface area contributed by atoms with Crippen molar-refractivity contribution in [2.45, 2.75) is 25.0 Å². The van der Waals surface area contributed by atoms with Gasteiger partial charge in [0.05, 0.1) is 19.8 Å². The largest absolute Gasteiger partial charge is 0.490 e. The fraction of sp³-hybridized carbons (Fsp3) is 0.600. The van der Waals surface area contributed by atoms with Crippen molar-refractivity contribution < 1.29 is 28.1 Å². The van der Waals surface area contributed by atoms with Crippen molar-refractivity contribution in [1.29, 1.82) is 0 Å². The molecule has 0 aliphatic carbocycles. The molecule has 0 radical (unpaired) electrons. The summed E-state index contributed by atoms with van der Waals surface area (Å²) >= 11 is 0. The van der Waals surface area contributed by atoms with Crippen LogP contribution in [0, 0.1) is 17.6 Å². The van der Waals surface area contributed by atoms with Crippen LogP contribution in [-0.4, -0.2) is 37.3 Å². The Bertz CT molecular complexity index is 515. The van der Waals surface area contributed by atoms with Gasteiger partial charge in [-0.1, -0.05) is 0 Å². The molecule has 116 valence electrons. The van der Waals surface area contributed by atoms with E-state index in [0.29, 0.717) is 32.5 Å². The SMILES string of the molecule is OCCC1(C[C@@H]2COc3c(F)ccc(F)c3C2)OCCO1. The first-order valence-electron chi connectivity index (χ1n) is 7.12. The Morgan fingerprint density at radius 1 is 1.19 bits per heavy atom. The average molecular weight is 300 g/mol. The van der Waals surface area contributed by atoms with E-state index < -0.39 is 17.4 Å². The second-order valence-electron chi connectivity index (χ2n) is 5.50. The molecule has 1 N–H and O–H groups in total. The monoisotopic (exact) mass is 300 g/mol. The minimum absolute atomic E-state index is 0.00992. The molecule has 0 bridgehead atoms. The zero-order chi connectivity index (χ0) is 14.9. The molecule has 2 aliphatic rings. The number of hydrogen-bond acceptors (Lipinski definition) is 4. The molecule has 1 saturated heterocycles. The van der Waals surface area contributed by atoms with Crippen molar-refractivity contribution in [2.24, 2.45) is 5.92 Å². The van der Waals surface area contributed by atoms with Gasteiger partial charge in [-0.05, 0) is 18.6 Å². The highest BCUT2D eigenvalue weighted by atomic mass is 19.1. The Morgan fingerprint density at radius 2 is 1.90 bits per heavy atom. The molecule has 6 heteroatoms. The number of fused-ring (bicyclic) bond motifs is 1. The molecule has 1 atom stereocenters. The average Bonchev–Trinajstić information content (AvgIpc) is 2.92. The summed E-state index contributed by atoms with van der Waals surface area (Å²) < 4.78 is 44.1. The van der Waals surface area contributed by atoms with Crippen LogP contribution in [0.3, 0.4) is 0 Å². The smallest absolute Gasteiger partial charge is 0.171 e. The van der Waals surface area contributed by atoms with Crippen LogP contribution >= 0.6 is 0 Å². The molecule has 0 spiro atoms. The van der Waals surface area contributed by atoms with E-state index in [0.717, 1.165) is 12.1 Å². The normalized spacial score (nSPS) is 23.7. The summed E-state index contributed by atoms with van der Waals surface area (Å²) in [6, 6.07) is 2.19. The lowest BCUT2D eigenvalue weighted by molar-refractivity contribution is -0.181. The van der Waals surface area contributed by atoms with Gasteiger partial charge in [-0.15, -0.1) is 0 Å². The quantitative estimate of drug-likeness (QED) is 0.924. The lowest BCUT2D eigenvalue weighted by Gasteiger charge is -2.33. The number of aliphatic hydroxyl groups is 1. The fourth-order valence-electron chi connectivity index (χ4n) is 3.07. The van der Waals surface area contributed by atoms with Gasteiger partial charge < -0.3 is 19.3 Å². The molecule has 2 aliphatic heterocycles. The maximum Gasteiger partial charge on any atom is 0.171 e.